The summed E-state index contributed by atoms with van der Waals surface area (Å²) in [5, 5.41) is 5.97. The van der Waals surface area contributed by atoms with Crippen LogP contribution in [0.5, 0.6) is 0 Å². The van der Waals surface area contributed by atoms with E-state index >= 15 is 0 Å². The molecule has 1 heterocycles. The number of rotatable bonds is 6. The summed E-state index contributed by atoms with van der Waals surface area (Å²) < 4.78 is 0. The van der Waals surface area contributed by atoms with Gasteiger partial charge in [-0.25, -0.2) is 0 Å². The van der Waals surface area contributed by atoms with Gasteiger partial charge in [0, 0.05) is 25.0 Å². The maximum absolute atomic E-state index is 11.6. The minimum atomic E-state index is -0.245. The van der Waals surface area contributed by atoms with Crippen LogP contribution in [0.3, 0.4) is 0 Å². The fraction of sp³-hybridized carbons (Fsp3) is 0.385. The molecule has 0 spiro atoms. The first-order valence-electron chi connectivity index (χ1n) is 5.69. The third kappa shape index (κ3) is 4.36. The first kappa shape index (κ1) is 13.4. The van der Waals surface area contributed by atoms with Crippen LogP contribution in [0.15, 0.2) is 37.2 Å². The van der Waals surface area contributed by atoms with E-state index in [-0.39, 0.29) is 18.0 Å². The molecule has 0 radical (unpaired) electrons. The Morgan fingerprint density at radius 3 is 2.94 bits per heavy atom. The summed E-state index contributed by atoms with van der Waals surface area (Å²) in [5.41, 5.74) is 1.07. The van der Waals surface area contributed by atoms with Gasteiger partial charge in [-0.1, -0.05) is 12.1 Å². The van der Waals surface area contributed by atoms with Gasteiger partial charge in [-0.05, 0) is 25.5 Å². The van der Waals surface area contributed by atoms with Crippen LogP contribution in [-0.2, 0) is 4.79 Å². The van der Waals surface area contributed by atoms with Crippen LogP contribution in [0.1, 0.15) is 25.5 Å². The molecular formula is C13H19N3O. The molecule has 4 nitrogen and oxygen atoms in total. The van der Waals surface area contributed by atoms with Crippen molar-refractivity contribution < 1.29 is 4.79 Å². The molecule has 4 heteroatoms. The highest BCUT2D eigenvalue weighted by molar-refractivity contribution is 5.81. The minimum absolute atomic E-state index is 0.0272. The highest BCUT2D eigenvalue weighted by Gasteiger charge is 2.15. The average Bonchev–Trinajstić information content (AvgIpc) is 2.36. The van der Waals surface area contributed by atoms with Crippen molar-refractivity contribution in [2.75, 3.05) is 6.54 Å². The van der Waals surface area contributed by atoms with E-state index in [9.17, 15) is 4.79 Å². The van der Waals surface area contributed by atoms with Gasteiger partial charge in [0.05, 0.1) is 6.04 Å². The predicted molar refractivity (Wildman–Crippen MR) is 68.5 cm³/mol. The molecule has 0 saturated heterocycles. The zero-order chi connectivity index (χ0) is 12.7. The van der Waals surface area contributed by atoms with Crippen LogP contribution in [0.4, 0.5) is 0 Å². The lowest BCUT2D eigenvalue weighted by Gasteiger charge is -2.19. The molecular weight excluding hydrogens is 214 g/mol. The van der Waals surface area contributed by atoms with Crippen molar-refractivity contribution in [3.8, 4) is 0 Å². The number of carbonyl (C=O) groups is 1. The third-order valence-corrected chi connectivity index (χ3v) is 2.50. The lowest BCUT2D eigenvalue weighted by Crippen LogP contribution is -2.43. The van der Waals surface area contributed by atoms with E-state index in [1.807, 2.05) is 26.0 Å². The molecule has 1 aromatic rings. The van der Waals surface area contributed by atoms with Gasteiger partial charge in [0.15, 0.2) is 0 Å². The van der Waals surface area contributed by atoms with Crippen molar-refractivity contribution in [1.29, 1.82) is 0 Å². The van der Waals surface area contributed by atoms with Crippen molar-refractivity contribution in [3.63, 3.8) is 0 Å². The summed E-state index contributed by atoms with van der Waals surface area (Å²) in [6.45, 7) is 7.90. The SMILES string of the molecule is C=CCNC(=O)C(C)N[C@H](C)c1cccnc1. The van der Waals surface area contributed by atoms with E-state index in [0.29, 0.717) is 6.54 Å². The molecule has 1 unspecified atom stereocenters. The second-order valence-corrected chi connectivity index (χ2v) is 3.93. The minimum Gasteiger partial charge on any atom is -0.351 e. The summed E-state index contributed by atoms with van der Waals surface area (Å²) in [7, 11) is 0. The molecule has 2 N–H and O–H groups in total. The maximum atomic E-state index is 11.6. The fourth-order valence-corrected chi connectivity index (χ4v) is 1.50. The zero-order valence-electron chi connectivity index (χ0n) is 10.3. The number of hydrogen-bond acceptors (Lipinski definition) is 3. The number of pyridine rings is 1. The van der Waals surface area contributed by atoms with E-state index < -0.39 is 0 Å². The second kappa shape index (κ2) is 6.81. The smallest absolute Gasteiger partial charge is 0.237 e. The average molecular weight is 233 g/mol. The first-order chi connectivity index (χ1) is 8.15. The molecule has 0 bridgehead atoms. The van der Waals surface area contributed by atoms with Gasteiger partial charge in [0.25, 0.3) is 0 Å². The number of carbonyl (C=O) groups excluding carboxylic acids is 1. The largest absolute Gasteiger partial charge is 0.351 e. The number of nitrogens with one attached hydrogen (secondary N) is 2. The third-order valence-electron chi connectivity index (χ3n) is 2.50. The summed E-state index contributed by atoms with van der Waals surface area (Å²) in [6.07, 6.45) is 5.19. The van der Waals surface area contributed by atoms with Gasteiger partial charge in [0.1, 0.15) is 0 Å². The number of aromatic nitrogens is 1. The molecule has 0 aliphatic heterocycles. The van der Waals surface area contributed by atoms with E-state index in [4.69, 9.17) is 0 Å². The monoisotopic (exact) mass is 233 g/mol. The molecule has 0 fully saturated rings. The highest BCUT2D eigenvalue weighted by Crippen LogP contribution is 2.10. The maximum Gasteiger partial charge on any atom is 0.237 e. The quantitative estimate of drug-likeness (QED) is 0.731. The van der Waals surface area contributed by atoms with Gasteiger partial charge in [-0.15, -0.1) is 6.58 Å². The van der Waals surface area contributed by atoms with E-state index in [1.165, 1.54) is 0 Å². The van der Waals surface area contributed by atoms with E-state index in [0.717, 1.165) is 5.56 Å². The molecule has 0 saturated carbocycles. The molecule has 0 aliphatic carbocycles. The Morgan fingerprint density at radius 1 is 1.59 bits per heavy atom. The van der Waals surface area contributed by atoms with Crippen LogP contribution >= 0.6 is 0 Å². The molecule has 92 valence electrons. The molecule has 1 rings (SSSR count). The molecule has 1 aromatic heterocycles. The molecule has 0 aromatic carbocycles. The number of hydrogen-bond donors (Lipinski definition) is 2. The molecule has 17 heavy (non-hydrogen) atoms. The van der Waals surface area contributed by atoms with Crippen LogP contribution in [0.25, 0.3) is 0 Å². The van der Waals surface area contributed by atoms with Crippen LogP contribution in [0.2, 0.25) is 0 Å². The van der Waals surface area contributed by atoms with Crippen molar-refractivity contribution in [1.82, 2.24) is 15.6 Å². The lowest BCUT2D eigenvalue weighted by atomic mass is 10.1. The summed E-state index contributed by atoms with van der Waals surface area (Å²) in [6, 6.07) is 3.72. The van der Waals surface area contributed by atoms with Gasteiger partial charge < -0.3 is 5.32 Å². The Balaban J connectivity index is 2.48. The lowest BCUT2D eigenvalue weighted by molar-refractivity contribution is -0.122. The summed E-state index contributed by atoms with van der Waals surface area (Å²) >= 11 is 0. The zero-order valence-corrected chi connectivity index (χ0v) is 10.3. The molecule has 1 amide bonds. The topological polar surface area (TPSA) is 54.0 Å². The first-order valence-corrected chi connectivity index (χ1v) is 5.69. The number of nitrogens with zero attached hydrogens (tertiary/aromatic N) is 1. The van der Waals surface area contributed by atoms with Crippen molar-refractivity contribution in [3.05, 3.63) is 42.7 Å². The Morgan fingerprint density at radius 2 is 2.35 bits per heavy atom. The number of amides is 1. The van der Waals surface area contributed by atoms with E-state index in [2.05, 4.69) is 22.2 Å². The fourth-order valence-electron chi connectivity index (χ4n) is 1.50. The Bertz CT molecular complexity index is 364. The van der Waals surface area contributed by atoms with Crippen LogP contribution in [-0.4, -0.2) is 23.5 Å². The standard InChI is InChI=1S/C13H19N3O/c1-4-7-15-13(17)11(3)16-10(2)12-6-5-8-14-9-12/h4-6,8-11,16H,1,7H2,2-3H3,(H,15,17)/t10-,11?/m1/s1. The van der Waals surface area contributed by atoms with E-state index in [1.54, 1.807) is 18.5 Å². The normalized spacial score (nSPS) is 13.8. The van der Waals surface area contributed by atoms with Gasteiger partial charge in [0.2, 0.25) is 5.91 Å². The van der Waals surface area contributed by atoms with Crippen molar-refractivity contribution in [2.45, 2.75) is 25.9 Å². The Kier molecular flexibility index (Phi) is 5.36. The van der Waals surface area contributed by atoms with Gasteiger partial charge in [-0.3, -0.25) is 15.1 Å². The Hall–Kier alpha value is -1.68. The molecule has 2 atom stereocenters. The summed E-state index contributed by atoms with van der Waals surface area (Å²) in [5.74, 6) is -0.0272. The van der Waals surface area contributed by atoms with Gasteiger partial charge >= 0.3 is 0 Å². The Labute approximate surface area is 102 Å². The predicted octanol–water partition coefficient (Wildman–Crippen LogP) is 1.42. The second-order valence-electron chi connectivity index (χ2n) is 3.93. The highest BCUT2D eigenvalue weighted by atomic mass is 16.2. The van der Waals surface area contributed by atoms with Crippen LogP contribution in [0, 0.1) is 0 Å². The molecule has 0 aliphatic rings. The summed E-state index contributed by atoms with van der Waals surface area (Å²) in [4.78, 5) is 15.7. The van der Waals surface area contributed by atoms with Crippen LogP contribution < -0.4 is 10.6 Å². The van der Waals surface area contributed by atoms with Crippen molar-refractivity contribution in [2.24, 2.45) is 0 Å². The van der Waals surface area contributed by atoms with Crippen molar-refractivity contribution >= 4 is 5.91 Å². The van der Waals surface area contributed by atoms with Gasteiger partial charge in [-0.2, -0.15) is 0 Å².